The summed E-state index contributed by atoms with van der Waals surface area (Å²) in [5.41, 5.74) is 1.87. The molecule has 5 rings (SSSR count). The number of carbonyl (C=O) groups excluding carboxylic acids is 2. The highest BCUT2D eigenvalue weighted by atomic mass is 16.2. The number of anilines is 1. The van der Waals surface area contributed by atoms with Crippen molar-refractivity contribution >= 4 is 17.5 Å². The highest BCUT2D eigenvalue weighted by molar-refractivity contribution is 6.05. The molecule has 4 aliphatic rings. The molecule has 0 unspecified atom stereocenters. The summed E-state index contributed by atoms with van der Waals surface area (Å²) < 4.78 is 0. The molecule has 1 N–H and O–H groups in total. The van der Waals surface area contributed by atoms with Gasteiger partial charge < -0.3 is 15.1 Å². The summed E-state index contributed by atoms with van der Waals surface area (Å²) in [7, 11) is 0. The second kappa shape index (κ2) is 5.09. The summed E-state index contributed by atoms with van der Waals surface area (Å²) in [6, 6.07) is 7.73. The lowest BCUT2D eigenvalue weighted by atomic mass is 9.80. The number of nitrogens with zero attached hydrogens (tertiary/aromatic N) is 2. The first-order chi connectivity index (χ1) is 10.7. The molecule has 1 aromatic carbocycles. The van der Waals surface area contributed by atoms with E-state index in [0.29, 0.717) is 6.42 Å². The molecule has 1 aromatic rings. The minimum atomic E-state index is -0.0336. The first-order valence-electron chi connectivity index (χ1n) is 8.07. The minimum Gasteiger partial charge on any atom is -0.349 e. The van der Waals surface area contributed by atoms with Crippen LogP contribution in [0.3, 0.4) is 0 Å². The summed E-state index contributed by atoms with van der Waals surface area (Å²) in [6.07, 6.45) is 3.50. The Morgan fingerprint density at radius 3 is 2.55 bits per heavy atom. The van der Waals surface area contributed by atoms with Gasteiger partial charge in [-0.3, -0.25) is 9.59 Å². The number of nitrogens with one attached hydrogen (secondary N) is 1. The van der Waals surface area contributed by atoms with Gasteiger partial charge in [0.25, 0.3) is 0 Å². The van der Waals surface area contributed by atoms with Crippen molar-refractivity contribution in [2.45, 2.75) is 31.2 Å². The van der Waals surface area contributed by atoms with Crippen LogP contribution in [0.15, 0.2) is 24.3 Å². The van der Waals surface area contributed by atoms with E-state index in [1.54, 1.807) is 4.90 Å². The molecule has 4 heterocycles. The van der Waals surface area contributed by atoms with Gasteiger partial charge >= 0.3 is 0 Å². The smallest absolute Gasteiger partial charge is 0.240 e. The van der Waals surface area contributed by atoms with Crippen molar-refractivity contribution in [2.75, 3.05) is 31.1 Å². The number of benzene rings is 1. The van der Waals surface area contributed by atoms with Crippen LogP contribution in [0.5, 0.6) is 0 Å². The van der Waals surface area contributed by atoms with E-state index >= 15 is 0 Å². The molecule has 22 heavy (non-hydrogen) atoms. The van der Waals surface area contributed by atoms with Crippen LogP contribution in [-0.2, 0) is 16.0 Å². The van der Waals surface area contributed by atoms with Crippen molar-refractivity contribution in [3.8, 4) is 0 Å². The van der Waals surface area contributed by atoms with Gasteiger partial charge in [0.05, 0.1) is 6.42 Å². The molecule has 4 aliphatic heterocycles. The number of amides is 2. The van der Waals surface area contributed by atoms with E-state index in [0.717, 1.165) is 50.1 Å². The van der Waals surface area contributed by atoms with E-state index < -0.39 is 0 Å². The molecule has 0 atom stereocenters. The third-order valence-electron chi connectivity index (χ3n) is 5.35. The number of fused-ring (bicyclic) bond motifs is 4. The van der Waals surface area contributed by atoms with Crippen molar-refractivity contribution in [3.05, 3.63) is 29.8 Å². The largest absolute Gasteiger partial charge is 0.349 e. The molecule has 116 valence electrons. The SMILES string of the molecule is O=C(CN1C(=O)Cc2ccccc21)NC12CCN(CC1)CC2. The monoisotopic (exact) mass is 299 g/mol. The van der Waals surface area contributed by atoms with Gasteiger partial charge in [-0.2, -0.15) is 0 Å². The third-order valence-corrected chi connectivity index (χ3v) is 5.35. The Kier molecular flexibility index (Phi) is 3.18. The second-order valence-electron chi connectivity index (χ2n) is 6.71. The first kappa shape index (κ1) is 13.8. The van der Waals surface area contributed by atoms with Gasteiger partial charge in [-0.25, -0.2) is 0 Å². The van der Waals surface area contributed by atoms with E-state index in [-0.39, 0.29) is 23.9 Å². The highest BCUT2D eigenvalue weighted by Gasteiger charge is 2.41. The average molecular weight is 299 g/mol. The van der Waals surface area contributed by atoms with E-state index in [4.69, 9.17) is 0 Å². The molecule has 0 spiro atoms. The lowest BCUT2D eigenvalue weighted by Crippen LogP contribution is -2.62. The summed E-state index contributed by atoms with van der Waals surface area (Å²) in [4.78, 5) is 28.7. The molecule has 3 fully saturated rings. The van der Waals surface area contributed by atoms with Crippen molar-refractivity contribution in [1.82, 2.24) is 10.2 Å². The number of hydrogen-bond donors (Lipinski definition) is 1. The number of carbonyl (C=O) groups is 2. The zero-order valence-corrected chi connectivity index (χ0v) is 12.7. The van der Waals surface area contributed by atoms with Crippen LogP contribution in [0.2, 0.25) is 0 Å². The van der Waals surface area contributed by atoms with Gasteiger partial charge in [-0.1, -0.05) is 18.2 Å². The fraction of sp³-hybridized carbons (Fsp3) is 0.529. The fourth-order valence-corrected chi connectivity index (χ4v) is 3.98. The van der Waals surface area contributed by atoms with E-state index in [9.17, 15) is 9.59 Å². The molecule has 0 aliphatic carbocycles. The quantitative estimate of drug-likeness (QED) is 0.903. The first-order valence-corrected chi connectivity index (χ1v) is 8.07. The molecule has 0 aromatic heterocycles. The zero-order valence-electron chi connectivity index (χ0n) is 12.7. The summed E-state index contributed by atoms with van der Waals surface area (Å²) >= 11 is 0. The third kappa shape index (κ3) is 2.29. The van der Waals surface area contributed by atoms with Crippen LogP contribution in [0.25, 0.3) is 0 Å². The Hall–Kier alpha value is -1.88. The Morgan fingerprint density at radius 2 is 1.82 bits per heavy atom. The number of piperidine rings is 3. The minimum absolute atomic E-state index is 0.0207. The standard InChI is InChI=1S/C17H21N3O2/c21-15(18-17-5-8-19(9-6-17)10-7-17)12-20-14-4-2-1-3-13(14)11-16(20)22/h1-4H,5-12H2,(H,18,21). The normalized spacial score (nSPS) is 29.5. The van der Waals surface area contributed by atoms with Gasteiger partial charge in [0.1, 0.15) is 6.54 Å². The van der Waals surface area contributed by atoms with Gasteiger partial charge in [-0.05, 0) is 30.9 Å². The lowest BCUT2D eigenvalue weighted by Gasteiger charge is -2.48. The molecule has 0 radical (unpaired) electrons. The Balaban J connectivity index is 1.45. The van der Waals surface area contributed by atoms with Crippen LogP contribution >= 0.6 is 0 Å². The number of hydrogen-bond acceptors (Lipinski definition) is 3. The molecule has 2 bridgehead atoms. The molecule has 5 nitrogen and oxygen atoms in total. The summed E-state index contributed by atoms with van der Waals surface area (Å²) in [6.45, 7) is 3.37. The maximum Gasteiger partial charge on any atom is 0.240 e. The lowest BCUT2D eigenvalue weighted by molar-refractivity contribution is -0.125. The Bertz CT molecular complexity index is 606. The van der Waals surface area contributed by atoms with Gasteiger partial charge in [0, 0.05) is 30.9 Å². The maximum atomic E-state index is 12.5. The average Bonchev–Trinajstić information content (AvgIpc) is 2.85. The molecule has 3 saturated heterocycles. The maximum absolute atomic E-state index is 12.5. The van der Waals surface area contributed by atoms with E-state index in [1.807, 2.05) is 24.3 Å². The van der Waals surface area contributed by atoms with Crippen molar-refractivity contribution in [2.24, 2.45) is 0 Å². The highest BCUT2D eigenvalue weighted by Crippen LogP contribution is 2.32. The molecular formula is C17H21N3O2. The summed E-state index contributed by atoms with van der Waals surface area (Å²) in [5, 5.41) is 3.24. The topological polar surface area (TPSA) is 52.7 Å². The van der Waals surface area contributed by atoms with E-state index in [2.05, 4.69) is 10.2 Å². The Labute approximate surface area is 130 Å². The van der Waals surface area contributed by atoms with Gasteiger partial charge in [0.2, 0.25) is 11.8 Å². The predicted octanol–water partition coefficient (Wildman–Crippen LogP) is 0.930. The van der Waals surface area contributed by atoms with Crippen molar-refractivity contribution in [3.63, 3.8) is 0 Å². The number of para-hydroxylation sites is 1. The van der Waals surface area contributed by atoms with Crippen LogP contribution in [0, 0.1) is 0 Å². The second-order valence-corrected chi connectivity index (χ2v) is 6.71. The fourth-order valence-electron chi connectivity index (χ4n) is 3.98. The Morgan fingerprint density at radius 1 is 1.14 bits per heavy atom. The van der Waals surface area contributed by atoms with E-state index in [1.165, 1.54) is 0 Å². The van der Waals surface area contributed by atoms with Crippen molar-refractivity contribution < 1.29 is 9.59 Å². The molecule has 2 amide bonds. The molecular weight excluding hydrogens is 278 g/mol. The van der Waals surface area contributed by atoms with Crippen LogP contribution in [-0.4, -0.2) is 48.4 Å². The zero-order chi connectivity index (χ0) is 15.2. The van der Waals surface area contributed by atoms with Gasteiger partial charge in [-0.15, -0.1) is 0 Å². The van der Waals surface area contributed by atoms with Crippen molar-refractivity contribution in [1.29, 1.82) is 0 Å². The molecule has 0 saturated carbocycles. The molecule has 5 heteroatoms. The van der Waals surface area contributed by atoms with Crippen LogP contribution < -0.4 is 10.2 Å². The van der Waals surface area contributed by atoms with Crippen LogP contribution in [0.4, 0.5) is 5.69 Å². The predicted molar refractivity (Wildman–Crippen MR) is 83.7 cm³/mol. The van der Waals surface area contributed by atoms with Crippen LogP contribution in [0.1, 0.15) is 24.8 Å². The van der Waals surface area contributed by atoms with Gasteiger partial charge in [0.15, 0.2) is 0 Å². The number of rotatable bonds is 3. The summed E-state index contributed by atoms with van der Waals surface area (Å²) in [5.74, 6) is -0.00674.